The number of urea groups is 1. The molecule has 1 aliphatic heterocycles. The lowest BCUT2D eigenvalue weighted by atomic mass is 10.0. The molecule has 2 atom stereocenters. The molecular weight excluding hydrogens is 439 g/mol. The number of nitrogens with one attached hydrogen (secondary N) is 1. The summed E-state index contributed by atoms with van der Waals surface area (Å²) in [7, 11) is -2.19. The second-order valence-electron chi connectivity index (χ2n) is 7.20. The molecule has 12 heteroatoms. The van der Waals surface area contributed by atoms with Gasteiger partial charge >= 0.3 is 6.03 Å². The van der Waals surface area contributed by atoms with Crippen molar-refractivity contribution in [2.45, 2.75) is 31.4 Å². The third-order valence-corrected chi connectivity index (χ3v) is 6.27. The maximum atomic E-state index is 14.3. The number of aromatic nitrogens is 3. The lowest BCUT2D eigenvalue weighted by molar-refractivity contribution is 0.248. The largest absolute Gasteiger partial charge is 0.481 e. The zero-order valence-corrected chi connectivity index (χ0v) is 18.4. The quantitative estimate of drug-likeness (QED) is 0.614. The van der Waals surface area contributed by atoms with E-state index in [-0.39, 0.29) is 28.1 Å². The monoisotopic (exact) mass is 460 g/mol. The van der Waals surface area contributed by atoms with Crippen molar-refractivity contribution in [1.82, 2.24) is 14.8 Å². The van der Waals surface area contributed by atoms with Crippen LogP contribution in [0.4, 0.5) is 14.9 Å². The highest BCUT2D eigenvalue weighted by Gasteiger charge is 2.28. The maximum Gasteiger partial charge on any atom is 0.354 e. The summed E-state index contributed by atoms with van der Waals surface area (Å²) in [6.07, 6.45) is 2.62. The Morgan fingerprint density at radius 2 is 2.22 bits per heavy atom. The summed E-state index contributed by atoms with van der Waals surface area (Å²) in [5.41, 5.74) is 1.46. The Morgan fingerprint density at radius 1 is 1.44 bits per heavy atom. The van der Waals surface area contributed by atoms with E-state index in [4.69, 9.17) is 14.6 Å². The fourth-order valence-electron chi connectivity index (χ4n) is 3.36. The number of rotatable bonds is 4. The number of fused-ring (bicyclic) bond motifs is 1. The number of halogens is 1. The minimum Gasteiger partial charge on any atom is -0.481 e. The third-order valence-electron chi connectivity index (χ3n) is 4.92. The topological polar surface area (TPSA) is 134 Å². The molecule has 32 heavy (non-hydrogen) atoms. The van der Waals surface area contributed by atoms with Gasteiger partial charge in [0.15, 0.2) is 9.92 Å². The van der Waals surface area contributed by atoms with Crippen LogP contribution in [0.1, 0.15) is 12.5 Å². The summed E-state index contributed by atoms with van der Waals surface area (Å²) in [4.78, 5) is 16.8. The van der Waals surface area contributed by atoms with Crippen LogP contribution in [0.2, 0.25) is 0 Å². The molecule has 0 fully saturated rings. The fourth-order valence-corrected chi connectivity index (χ4v) is 4.35. The molecule has 0 saturated carbocycles. The van der Waals surface area contributed by atoms with Crippen LogP contribution in [0.15, 0.2) is 45.9 Å². The van der Waals surface area contributed by atoms with Gasteiger partial charge in [0.05, 0.1) is 25.5 Å². The number of hydrogen-bond donors (Lipinski definition) is 2. The minimum atomic E-state index is -3.67. The summed E-state index contributed by atoms with van der Waals surface area (Å²) < 4.78 is 43.2. The van der Waals surface area contributed by atoms with Gasteiger partial charge in [-0.2, -0.15) is 5.10 Å². The molecule has 0 unspecified atom stereocenters. The van der Waals surface area contributed by atoms with E-state index in [0.717, 1.165) is 0 Å². The molecule has 3 heterocycles. The Labute approximate surface area is 183 Å². The van der Waals surface area contributed by atoms with Crippen LogP contribution in [0.25, 0.3) is 11.1 Å². The van der Waals surface area contributed by atoms with Gasteiger partial charge < -0.3 is 14.8 Å². The number of amides is 2. The average molecular weight is 460 g/mol. The Balaban J connectivity index is 1.71. The van der Waals surface area contributed by atoms with E-state index in [1.807, 2.05) is 6.92 Å². The average Bonchev–Trinajstić information content (AvgIpc) is 3.30. The predicted molar refractivity (Wildman–Crippen MR) is 115 cm³/mol. The van der Waals surface area contributed by atoms with E-state index in [1.165, 1.54) is 43.2 Å². The molecule has 168 valence electrons. The first-order valence-electron chi connectivity index (χ1n) is 9.57. The number of nitrogens with two attached hydrogens (primary N) is 1. The number of carbonyl (C=O) groups excluding carboxylic acids is 1. The van der Waals surface area contributed by atoms with Gasteiger partial charge in [-0.15, -0.1) is 4.36 Å². The standard InChI is InChI=1S/C20H21FN6O4S/c1-11-10-27-19(31-11)16(9-24-27)32(22,29)26-20(28)25-18-12(2)15(21)5-4-14(18)13-6-7-23-17(8-13)30-3/h4-9,11H,10H2,1-3H3,(H3,22,25,26,28,29)/t11-,32+/m1/s1. The van der Waals surface area contributed by atoms with Crippen LogP contribution in [-0.2, 0) is 16.5 Å². The molecule has 2 amide bonds. The van der Waals surface area contributed by atoms with E-state index in [1.54, 1.807) is 12.1 Å². The van der Waals surface area contributed by atoms with Crippen molar-refractivity contribution in [3.05, 3.63) is 48.0 Å². The van der Waals surface area contributed by atoms with Crippen LogP contribution in [-0.4, -0.2) is 38.2 Å². The Morgan fingerprint density at radius 3 is 2.97 bits per heavy atom. The highest BCUT2D eigenvalue weighted by Crippen LogP contribution is 2.34. The SMILES string of the molecule is COc1cc(-c2ccc(F)c(C)c2NC(=O)N=[S@](N)(=O)c2cnn3c2O[C@H](C)C3)ccn1. The van der Waals surface area contributed by atoms with Gasteiger partial charge in [0.2, 0.25) is 11.8 Å². The molecule has 1 aliphatic rings. The van der Waals surface area contributed by atoms with Crippen molar-refractivity contribution in [2.24, 2.45) is 9.50 Å². The van der Waals surface area contributed by atoms with Gasteiger partial charge in [-0.1, -0.05) is 0 Å². The van der Waals surface area contributed by atoms with Crippen molar-refractivity contribution >= 4 is 21.6 Å². The zero-order valence-electron chi connectivity index (χ0n) is 17.5. The molecule has 0 spiro atoms. The summed E-state index contributed by atoms with van der Waals surface area (Å²) in [5, 5.41) is 12.5. The van der Waals surface area contributed by atoms with Crippen molar-refractivity contribution in [1.29, 1.82) is 0 Å². The van der Waals surface area contributed by atoms with Crippen LogP contribution >= 0.6 is 0 Å². The first-order chi connectivity index (χ1) is 15.2. The molecule has 0 radical (unpaired) electrons. The number of ether oxygens (including phenoxy) is 2. The van der Waals surface area contributed by atoms with E-state index >= 15 is 0 Å². The van der Waals surface area contributed by atoms with Gasteiger partial charge in [0, 0.05) is 23.4 Å². The number of pyridine rings is 1. The summed E-state index contributed by atoms with van der Waals surface area (Å²) in [6.45, 7) is 3.80. The number of hydrogen-bond acceptors (Lipinski definition) is 6. The molecule has 3 aromatic rings. The van der Waals surface area contributed by atoms with E-state index in [9.17, 15) is 13.4 Å². The number of carbonyl (C=O) groups is 1. The van der Waals surface area contributed by atoms with Crippen molar-refractivity contribution in [3.63, 3.8) is 0 Å². The summed E-state index contributed by atoms with van der Waals surface area (Å²) in [5.74, 6) is 0.0316. The van der Waals surface area contributed by atoms with Gasteiger partial charge in [-0.25, -0.2) is 28.2 Å². The van der Waals surface area contributed by atoms with Crippen molar-refractivity contribution in [2.75, 3.05) is 12.4 Å². The van der Waals surface area contributed by atoms with Crippen LogP contribution < -0.4 is 19.9 Å². The predicted octanol–water partition coefficient (Wildman–Crippen LogP) is 3.11. The number of nitrogens with zero attached hydrogens (tertiary/aromatic N) is 4. The Hall–Kier alpha value is -3.51. The molecule has 4 rings (SSSR count). The first-order valence-corrected chi connectivity index (χ1v) is 11.2. The lowest BCUT2D eigenvalue weighted by Gasteiger charge is -2.14. The van der Waals surface area contributed by atoms with Crippen LogP contribution in [0.3, 0.4) is 0 Å². The van der Waals surface area contributed by atoms with Crippen molar-refractivity contribution in [3.8, 4) is 22.9 Å². The van der Waals surface area contributed by atoms with Gasteiger partial charge in [-0.3, -0.25) is 0 Å². The smallest absolute Gasteiger partial charge is 0.354 e. The highest BCUT2D eigenvalue weighted by molar-refractivity contribution is 7.91. The Bertz CT molecular complexity index is 1330. The molecule has 10 nitrogen and oxygen atoms in total. The molecule has 0 bridgehead atoms. The minimum absolute atomic E-state index is 0.0204. The molecule has 0 saturated heterocycles. The molecule has 0 aliphatic carbocycles. The second-order valence-corrected chi connectivity index (χ2v) is 8.96. The first kappa shape index (κ1) is 21.7. The number of benzene rings is 1. The van der Waals surface area contributed by atoms with Crippen molar-refractivity contribution < 1.29 is 22.9 Å². The van der Waals surface area contributed by atoms with E-state index in [2.05, 4.69) is 19.8 Å². The zero-order chi connectivity index (χ0) is 23.0. The molecule has 3 N–H and O–H groups in total. The van der Waals surface area contributed by atoms with Gasteiger partial charge in [-0.05, 0) is 37.6 Å². The van der Waals surface area contributed by atoms with E-state index in [0.29, 0.717) is 23.6 Å². The van der Waals surface area contributed by atoms with Gasteiger partial charge in [0.25, 0.3) is 0 Å². The van der Waals surface area contributed by atoms with Crippen LogP contribution in [0, 0.1) is 12.7 Å². The fraction of sp³-hybridized carbons (Fsp3) is 0.250. The number of methoxy groups -OCH3 is 1. The second kappa shape index (κ2) is 8.20. The van der Waals surface area contributed by atoms with Crippen LogP contribution in [0.5, 0.6) is 11.8 Å². The molecule has 1 aromatic carbocycles. The molecule has 2 aromatic heterocycles. The Kier molecular flexibility index (Phi) is 5.57. The lowest BCUT2D eigenvalue weighted by Crippen LogP contribution is -2.19. The highest BCUT2D eigenvalue weighted by atomic mass is 32.2. The summed E-state index contributed by atoms with van der Waals surface area (Å²) in [6, 6.07) is 5.11. The number of anilines is 1. The van der Waals surface area contributed by atoms with Gasteiger partial charge in [0.1, 0.15) is 16.8 Å². The summed E-state index contributed by atoms with van der Waals surface area (Å²) >= 11 is 0. The van der Waals surface area contributed by atoms with E-state index < -0.39 is 21.8 Å². The maximum absolute atomic E-state index is 14.3. The third kappa shape index (κ3) is 4.01. The molecular formula is C20H21FN6O4S. The normalized spacial score (nSPS) is 16.6.